The van der Waals surface area contributed by atoms with Crippen molar-refractivity contribution in [1.82, 2.24) is 20.4 Å². The zero-order valence-corrected chi connectivity index (χ0v) is 27.8. The van der Waals surface area contributed by atoms with Gasteiger partial charge in [0.1, 0.15) is 12.2 Å². The van der Waals surface area contributed by atoms with Gasteiger partial charge < -0.3 is 25.4 Å². The standard InChI is InChI=1S/C39H45N5O5/c45-37(41-31-20-10-12-22-35(31)48-26-28-14-4-1-5-15-28)25-44-34(24-33(43-44)38(46)40-30-18-8-3-9-19-30)39(47)42-32-21-11-13-23-36(32)49-27-29-16-6-2-7-17-29/h1-9,14-19,24,31-32,35-36H,10-13,20-23,25-27H2,(H,40,46)(H,41,45)(H,42,47)/t31-,32-,35-,36-/m0/s1. The fraction of sp³-hybridized carbons (Fsp3) is 0.385. The van der Waals surface area contributed by atoms with Gasteiger partial charge >= 0.3 is 0 Å². The number of hydrogen-bond acceptors (Lipinski definition) is 6. The average molecular weight is 664 g/mol. The fourth-order valence-electron chi connectivity index (χ4n) is 6.66. The maximum Gasteiger partial charge on any atom is 0.276 e. The molecule has 0 saturated heterocycles. The number of benzene rings is 3. The second-order valence-corrected chi connectivity index (χ2v) is 12.9. The average Bonchev–Trinajstić information content (AvgIpc) is 3.56. The number of hydrogen-bond donors (Lipinski definition) is 3. The lowest BCUT2D eigenvalue weighted by Crippen LogP contribution is -2.48. The Bertz CT molecular complexity index is 1660. The van der Waals surface area contributed by atoms with Crippen LogP contribution >= 0.6 is 0 Å². The number of nitrogens with one attached hydrogen (secondary N) is 3. The van der Waals surface area contributed by atoms with Gasteiger partial charge in [0, 0.05) is 11.8 Å². The Kier molecular flexibility index (Phi) is 11.8. The maximum atomic E-state index is 13.9. The molecule has 0 aliphatic heterocycles. The summed E-state index contributed by atoms with van der Waals surface area (Å²) in [5.41, 5.74) is 2.94. The third kappa shape index (κ3) is 9.64. The number of carbonyl (C=O) groups excluding carboxylic acids is 3. The zero-order chi connectivity index (χ0) is 33.8. The first-order valence-corrected chi connectivity index (χ1v) is 17.4. The summed E-state index contributed by atoms with van der Waals surface area (Å²) in [5, 5.41) is 13.6. The van der Waals surface area contributed by atoms with E-state index in [0.717, 1.165) is 62.5 Å². The van der Waals surface area contributed by atoms with Crippen LogP contribution in [0.5, 0.6) is 0 Å². The number of aromatic nitrogens is 2. The van der Waals surface area contributed by atoms with Crippen LogP contribution in [0.4, 0.5) is 5.69 Å². The van der Waals surface area contributed by atoms with Crippen LogP contribution in [0.25, 0.3) is 0 Å². The summed E-state index contributed by atoms with van der Waals surface area (Å²) in [6, 6.07) is 30.1. The highest BCUT2D eigenvalue weighted by atomic mass is 16.5. The van der Waals surface area contributed by atoms with Crippen LogP contribution in [-0.2, 0) is 34.0 Å². The van der Waals surface area contributed by atoms with Crippen LogP contribution in [0, 0.1) is 0 Å². The lowest BCUT2D eigenvalue weighted by atomic mass is 9.92. The third-order valence-corrected chi connectivity index (χ3v) is 9.25. The molecule has 2 aliphatic rings. The minimum Gasteiger partial charge on any atom is -0.371 e. The van der Waals surface area contributed by atoms with Crippen LogP contribution in [0.15, 0.2) is 97.1 Å². The first-order chi connectivity index (χ1) is 24.0. The molecule has 2 fully saturated rings. The van der Waals surface area contributed by atoms with E-state index < -0.39 is 11.8 Å². The van der Waals surface area contributed by atoms with Crippen molar-refractivity contribution >= 4 is 23.4 Å². The molecule has 2 saturated carbocycles. The highest BCUT2D eigenvalue weighted by Crippen LogP contribution is 2.24. The molecule has 49 heavy (non-hydrogen) atoms. The van der Waals surface area contributed by atoms with E-state index in [-0.39, 0.29) is 48.1 Å². The lowest BCUT2D eigenvalue weighted by molar-refractivity contribution is -0.124. The summed E-state index contributed by atoms with van der Waals surface area (Å²) in [7, 11) is 0. The van der Waals surface area contributed by atoms with Crippen LogP contribution in [-0.4, -0.2) is 51.8 Å². The molecule has 4 aromatic rings. The van der Waals surface area contributed by atoms with E-state index in [2.05, 4.69) is 21.0 Å². The predicted octanol–water partition coefficient (Wildman–Crippen LogP) is 6.04. The van der Waals surface area contributed by atoms with Gasteiger partial charge in [-0.1, -0.05) is 105 Å². The summed E-state index contributed by atoms with van der Waals surface area (Å²) < 4.78 is 13.9. The minimum absolute atomic E-state index is 0.0454. The van der Waals surface area contributed by atoms with E-state index in [1.165, 1.54) is 10.7 Å². The molecule has 0 radical (unpaired) electrons. The highest BCUT2D eigenvalue weighted by molar-refractivity contribution is 6.04. The number of anilines is 1. The monoisotopic (exact) mass is 663 g/mol. The molecule has 3 aromatic carbocycles. The van der Waals surface area contributed by atoms with E-state index >= 15 is 0 Å². The molecule has 256 valence electrons. The normalized spacial score (nSPS) is 20.7. The molecule has 6 rings (SSSR count). The Balaban J connectivity index is 1.15. The Morgan fingerprint density at radius 2 is 1.16 bits per heavy atom. The quantitative estimate of drug-likeness (QED) is 0.160. The predicted molar refractivity (Wildman–Crippen MR) is 187 cm³/mol. The van der Waals surface area contributed by atoms with Gasteiger partial charge in [0.2, 0.25) is 5.91 Å². The molecule has 4 atom stereocenters. The first kappa shape index (κ1) is 34.1. The largest absolute Gasteiger partial charge is 0.371 e. The molecule has 10 nitrogen and oxygen atoms in total. The fourth-order valence-corrected chi connectivity index (χ4v) is 6.66. The molecular formula is C39H45N5O5. The Labute approximate surface area is 287 Å². The Hall–Kier alpha value is -4.80. The van der Waals surface area contributed by atoms with E-state index in [4.69, 9.17) is 9.47 Å². The highest BCUT2D eigenvalue weighted by Gasteiger charge is 2.31. The van der Waals surface area contributed by atoms with Gasteiger partial charge in [-0.3, -0.25) is 14.4 Å². The number of rotatable bonds is 13. The van der Waals surface area contributed by atoms with Gasteiger partial charge in [-0.2, -0.15) is 5.10 Å². The van der Waals surface area contributed by atoms with E-state index in [1.807, 2.05) is 78.9 Å². The summed E-state index contributed by atoms with van der Waals surface area (Å²) in [6.45, 7) is 0.706. The number of nitrogens with zero attached hydrogens (tertiary/aromatic N) is 2. The number of amides is 3. The Morgan fingerprint density at radius 1 is 0.653 bits per heavy atom. The molecule has 1 aromatic heterocycles. The molecule has 0 bridgehead atoms. The van der Waals surface area contributed by atoms with Crippen LogP contribution in [0.1, 0.15) is 83.5 Å². The van der Waals surface area contributed by atoms with Gasteiger partial charge in [0.15, 0.2) is 5.69 Å². The van der Waals surface area contributed by atoms with Gasteiger partial charge in [-0.25, -0.2) is 4.68 Å². The Morgan fingerprint density at radius 3 is 1.73 bits per heavy atom. The molecule has 2 aliphatic carbocycles. The molecular weight excluding hydrogens is 618 g/mol. The maximum absolute atomic E-state index is 13.9. The van der Waals surface area contributed by atoms with Crippen molar-refractivity contribution < 1.29 is 23.9 Å². The van der Waals surface area contributed by atoms with E-state index in [0.29, 0.717) is 18.9 Å². The molecule has 0 spiro atoms. The molecule has 3 N–H and O–H groups in total. The second-order valence-electron chi connectivity index (χ2n) is 12.9. The van der Waals surface area contributed by atoms with E-state index in [1.54, 1.807) is 12.1 Å². The van der Waals surface area contributed by atoms with Crippen LogP contribution in [0.3, 0.4) is 0 Å². The summed E-state index contributed by atoms with van der Waals surface area (Å²) in [4.78, 5) is 40.7. The lowest BCUT2D eigenvalue weighted by Gasteiger charge is -2.32. The molecule has 1 heterocycles. The first-order valence-electron chi connectivity index (χ1n) is 17.4. The molecule has 0 unspecified atom stereocenters. The SMILES string of the molecule is O=C(Cn1nc(C(=O)Nc2ccccc2)cc1C(=O)N[C@H]1CCCC[C@@H]1OCc1ccccc1)N[C@H]1CCCC[C@@H]1OCc1ccccc1. The summed E-state index contributed by atoms with van der Waals surface area (Å²) in [5.74, 6) is -1.17. The van der Waals surface area contributed by atoms with Crippen molar-refractivity contribution in [1.29, 1.82) is 0 Å². The zero-order valence-electron chi connectivity index (χ0n) is 27.8. The number of carbonyl (C=O) groups is 3. The van der Waals surface area contributed by atoms with Crippen LogP contribution < -0.4 is 16.0 Å². The van der Waals surface area contributed by atoms with Crippen molar-refractivity contribution in [2.45, 2.75) is 95.4 Å². The van der Waals surface area contributed by atoms with Gasteiger partial charge in [0.25, 0.3) is 11.8 Å². The second kappa shape index (κ2) is 17.0. The third-order valence-electron chi connectivity index (χ3n) is 9.25. The van der Waals surface area contributed by atoms with Gasteiger partial charge in [-0.15, -0.1) is 0 Å². The summed E-state index contributed by atoms with van der Waals surface area (Å²) in [6.07, 6.45) is 6.99. The van der Waals surface area contributed by atoms with Crippen LogP contribution in [0.2, 0.25) is 0 Å². The van der Waals surface area contributed by atoms with Gasteiger partial charge in [-0.05, 0) is 48.9 Å². The number of ether oxygens (including phenoxy) is 2. The van der Waals surface area contributed by atoms with E-state index in [9.17, 15) is 14.4 Å². The smallest absolute Gasteiger partial charge is 0.276 e. The van der Waals surface area contributed by atoms with Crippen molar-refractivity contribution in [2.24, 2.45) is 0 Å². The molecule has 10 heteroatoms. The van der Waals surface area contributed by atoms with Gasteiger partial charge in [0.05, 0.1) is 37.5 Å². The van der Waals surface area contributed by atoms with Crippen molar-refractivity contribution in [3.05, 3.63) is 120 Å². The summed E-state index contributed by atoms with van der Waals surface area (Å²) >= 11 is 0. The van der Waals surface area contributed by atoms with Crippen molar-refractivity contribution in [2.75, 3.05) is 5.32 Å². The topological polar surface area (TPSA) is 124 Å². The number of para-hydroxylation sites is 1. The molecule has 3 amide bonds. The van der Waals surface area contributed by atoms with Crippen molar-refractivity contribution in [3.8, 4) is 0 Å². The minimum atomic E-state index is -0.470. The van der Waals surface area contributed by atoms with Crippen molar-refractivity contribution in [3.63, 3.8) is 0 Å².